The molecule has 11 nitrogen and oxygen atoms in total. The zero-order chi connectivity index (χ0) is 20.5. The Balaban J connectivity index is 1.72. The normalized spacial score (nSPS) is 28.0. The lowest BCUT2D eigenvalue weighted by Crippen LogP contribution is -2.57. The highest BCUT2D eigenvalue weighted by atomic mass is 16.6. The van der Waals surface area contributed by atoms with Crippen molar-refractivity contribution in [3.63, 3.8) is 0 Å². The van der Waals surface area contributed by atoms with E-state index in [2.05, 4.69) is 19.9 Å². The van der Waals surface area contributed by atoms with E-state index in [1.54, 1.807) is 0 Å². The fourth-order valence-corrected chi connectivity index (χ4v) is 3.23. The summed E-state index contributed by atoms with van der Waals surface area (Å²) in [4.78, 5) is 27.2. The molecule has 0 amide bonds. The highest BCUT2D eigenvalue weighted by Gasteiger charge is 2.47. The maximum absolute atomic E-state index is 11.3. The van der Waals surface area contributed by atoms with Gasteiger partial charge in [0.25, 0.3) is 0 Å². The van der Waals surface area contributed by atoms with Crippen LogP contribution in [-0.2, 0) is 16.1 Å². The van der Waals surface area contributed by atoms with Crippen molar-refractivity contribution in [1.29, 1.82) is 0 Å². The van der Waals surface area contributed by atoms with Gasteiger partial charge in [-0.3, -0.25) is 9.56 Å². The number of aromatic amines is 1. The number of aliphatic carboxylic acids is 1. The Labute approximate surface area is 163 Å². The Bertz CT molecular complexity index is 1080. The average Bonchev–Trinajstić information content (AvgIpc) is 3.21. The first-order chi connectivity index (χ1) is 14.0. The van der Waals surface area contributed by atoms with Gasteiger partial charge in [0.05, 0.1) is 12.9 Å². The Morgan fingerprint density at radius 3 is 2.62 bits per heavy atom. The molecule has 5 N–H and O–H groups in total. The van der Waals surface area contributed by atoms with Crippen molar-refractivity contribution in [3.8, 4) is 0 Å². The molecular formula is C18H19N5O6. The summed E-state index contributed by atoms with van der Waals surface area (Å²) in [6.45, 7) is 0.389. The zero-order valence-corrected chi connectivity index (χ0v) is 15.0. The third-order valence-corrected chi connectivity index (χ3v) is 4.75. The van der Waals surface area contributed by atoms with Gasteiger partial charge in [-0.2, -0.15) is 0 Å². The van der Waals surface area contributed by atoms with E-state index in [-0.39, 0.29) is 0 Å². The lowest BCUT2D eigenvalue weighted by Gasteiger charge is -2.39. The number of rotatable bonds is 4. The van der Waals surface area contributed by atoms with Crippen LogP contribution in [0.1, 0.15) is 11.8 Å². The Morgan fingerprint density at radius 2 is 1.90 bits per heavy atom. The highest BCUT2D eigenvalue weighted by Crippen LogP contribution is 2.29. The minimum absolute atomic E-state index is 0.295. The van der Waals surface area contributed by atoms with Crippen LogP contribution < -0.4 is 5.49 Å². The van der Waals surface area contributed by atoms with Gasteiger partial charge < -0.3 is 30.1 Å². The number of aromatic nitrogens is 4. The molecule has 0 bridgehead atoms. The molecule has 1 aromatic carbocycles. The molecule has 1 fully saturated rings. The molecule has 4 rings (SSSR count). The number of carboxylic acid groups (broad SMARTS) is 1. The van der Waals surface area contributed by atoms with Gasteiger partial charge in [0.15, 0.2) is 23.5 Å². The summed E-state index contributed by atoms with van der Waals surface area (Å²) in [5.41, 5.74) is 2.11. The highest BCUT2D eigenvalue weighted by molar-refractivity contribution is 5.73. The number of hydrogen-bond acceptors (Lipinski definition) is 8. The van der Waals surface area contributed by atoms with E-state index in [4.69, 9.17) is 4.74 Å². The van der Waals surface area contributed by atoms with Gasteiger partial charge in [-0.15, -0.1) is 0 Å². The molecule has 2 aromatic heterocycles. The number of hydrogen-bond donors (Lipinski definition) is 5. The maximum Gasteiger partial charge on any atom is 0.335 e. The first-order valence-corrected chi connectivity index (χ1v) is 8.84. The van der Waals surface area contributed by atoms with E-state index >= 15 is 0 Å². The molecule has 5 atom stereocenters. The largest absolute Gasteiger partial charge is 0.479 e. The van der Waals surface area contributed by atoms with Crippen LogP contribution in [0.4, 0.5) is 0 Å². The van der Waals surface area contributed by atoms with E-state index in [0.29, 0.717) is 23.2 Å². The second kappa shape index (κ2) is 7.72. The fourth-order valence-electron chi connectivity index (χ4n) is 3.23. The van der Waals surface area contributed by atoms with Crippen LogP contribution in [0.5, 0.6) is 0 Å². The van der Waals surface area contributed by atoms with Crippen molar-refractivity contribution < 1.29 is 30.0 Å². The molecule has 3 heterocycles. The number of aliphatic hydroxyl groups is 3. The molecule has 0 radical (unpaired) electrons. The number of nitrogens with one attached hydrogen (secondary N) is 1. The first-order valence-electron chi connectivity index (χ1n) is 8.84. The number of ether oxygens (including phenoxy) is 1. The molecule has 0 saturated carbocycles. The number of nitrogens with zero attached hydrogens (tertiary/aromatic N) is 4. The quantitative estimate of drug-likeness (QED) is 0.368. The third-order valence-electron chi connectivity index (χ3n) is 4.75. The van der Waals surface area contributed by atoms with Crippen molar-refractivity contribution in [1.82, 2.24) is 19.5 Å². The number of aliphatic hydroxyl groups excluding tert-OH is 3. The van der Waals surface area contributed by atoms with Gasteiger partial charge in [-0.1, -0.05) is 30.3 Å². The lowest BCUT2D eigenvalue weighted by atomic mass is 9.98. The van der Waals surface area contributed by atoms with E-state index in [0.717, 1.165) is 5.56 Å². The minimum atomic E-state index is -1.78. The number of H-pyrrole nitrogens is 1. The molecule has 1 saturated heterocycles. The Hall–Kier alpha value is -3.12. The number of carbonyl (C=O) groups is 1. The smallest absolute Gasteiger partial charge is 0.335 e. The van der Waals surface area contributed by atoms with E-state index in [1.165, 1.54) is 17.2 Å². The number of carboxylic acids is 1. The second-order valence-electron chi connectivity index (χ2n) is 6.64. The summed E-state index contributed by atoms with van der Waals surface area (Å²) in [7, 11) is 0. The molecule has 1 unspecified atom stereocenters. The van der Waals surface area contributed by atoms with Crippen molar-refractivity contribution in [2.75, 3.05) is 0 Å². The molecule has 0 aliphatic carbocycles. The predicted molar refractivity (Wildman–Crippen MR) is 97.2 cm³/mol. The van der Waals surface area contributed by atoms with Crippen molar-refractivity contribution in [2.24, 2.45) is 4.99 Å². The van der Waals surface area contributed by atoms with Gasteiger partial charge in [-0.05, 0) is 5.56 Å². The SMILES string of the molecule is O=C(O)[C@H]1OC(n2cnc(=NCc3ccccc3)c3[nH]cnc32)[C@H](O)[C@@H](O)[C@@H]1O. The Kier molecular flexibility index (Phi) is 5.11. The predicted octanol–water partition coefficient (Wildman–Crippen LogP) is -1.08. The summed E-state index contributed by atoms with van der Waals surface area (Å²) in [6.07, 6.45) is -5.44. The van der Waals surface area contributed by atoms with Gasteiger partial charge >= 0.3 is 5.97 Å². The Morgan fingerprint density at radius 1 is 1.14 bits per heavy atom. The van der Waals surface area contributed by atoms with Gasteiger partial charge in [0.2, 0.25) is 0 Å². The van der Waals surface area contributed by atoms with Crippen molar-refractivity contribution in [2.45, 2.75) is 37.2 Å². The van der Waals surface area contributed by atoms with Gasteiger partial charge in [0, 0.05) is 0 Å². The van der Waals surface area contributed by atoms with Crippen LogP contribution in [0.25, 0.3) is 11.2 Å². The minimum Gasteiger partial charge on any atom is -0.479 e. The van der Waals surface area contributed by atoms with Crippen molar-refractivity contribution in [3.05, 3.63) is 54.0 Å². The molecule has 3 aromatic rings. The molecule has 1 aliphatic heterocycles. The number of benzene rings is 1. The third kappa shape index (κ3) is 3.51. The molecule has 29 heavy (non-hydrogen) atoms. The average molecular weight is 401 g/mol. The number of fused-ring (bicyclic) bond motifs is 1. The number of imidazole rings is 1. The summed E-state index contributed by atoms with van der Waals surface area (Å²) < 4.78 is 6.65. The summed E-state index contributed by atoms with van der Waals surface area (Å²) >= 11 is 0. The summed E-state index contributed by atoms with van der Waals surface area (Å²) in [5, 5.41) is 39.5. The molecule has 0 spiro atoms. The van der Waals surface area contributed by atoms with Crippen LogP contribution in [0.2, 0.25) is 0 Å². The summed E-state index contributed by atoms with van der Waals surface area (Å²) in [6, 6.07) is 9.59. The van der Waals surface area contributed by atoms with Crippen LogP contribution in [-0.4, -0.2) is 70.3 Å². The van der Waals surface area contributed by atoms with Crippen LogP contribution >= 0.6 is 0 Å². The maximum atomic E-state index is 11.3. The monoisotopic (exact) mass is 401 g/mol. The molecule has 1 aliphatic rings. The van der Waals surface area contributed by atoms with Crippen LogP contribution in [0, 0.1) is 0 Å². The van der Waals surface area contributed by atoms with Crippen LogP contribution in [0.15, 0.2) is 48.0 Å². The molecule has 11 heteroatoms. The lowest BCUT2D eigenvalue weighted by molar-refractivity contribution is -0.246. The second-order valence-corrected chi connectivity index (χ2v) is 6.64. The fraction of sp³-hybridized carbons (Fsp3) is 0.333. The topological polar surface area (TPSA) is 166 Å². The zero-order valence-electron chi connectivity index (χ0n) is 15.0. The first kappa shape index (κ1) is 19.2. The van der Waals surface area contributed by atoms with E-state index < -0.39 is 36.6 Å². The van der Waals surface area contributed by atoms with Crippen molar-refractivity contribution >= 4 is 17.1 Å². The standard InChI is InChI=1S/C18H19N5O6/c24-11-12(25)14(18(27)28)29-17(13(11)26)23-8-22-15(10-16(23)21-7-20-10)19-6-9-4-2-1-3-5-9/h1-5,7-8,11-14,17,24-26H,6H2,(H,20,21)(H,27,28)/t11-,12-,13+,14-,17?/m0/s1. The van der Waals surface area contributed by atoms with E-state index in [1.807, 2.05) is 30.3 Å². The van der Waals surface area contributed by atoms with Gasteiger partial charge in [-0.25, -0.2) is 14.8 Å². The van der Waals surface area contributed by atoms with Crippen LogP contribution in [0.3, 0.4) is 0 Å². The summed E-state index contributed by atoms with van der Waals surface area (Å²) in [5.74, 6) is -1.46. The van der Waals surface area contributed by atoms with E-state index in [9.17, 15) is 25.2 Å². The van der Waals surface area contributed by atoms with Gasteiger partial charge in [0.1, 0.15) is 30.2 Å². The molecular weight excluding hydrogens is 382 g/mol. The molecule has 152 valence electrons.